The van der Waals surface area contributed by atoms with Crippen LogP contribution in [-0.2, 0) is 9.53 Å². The van der Waals surface area contributed by atoms with E-state index in [1.165, 1.54) is 4.90 Å². The van der Waals surface area contributed by atoms with Crippen molar-refractivity contribution in [1.29, 1.82) is 0 Å². The van der Waals surface area contributed by atoms with Crippen LogP contribution in [0, 0.1) is 0 Å². The number of aromatic nitrogens is 1. The van der Waals surface area contributed by atoms with E-state index >= 15 is 0 Å². The number of morpholine rings is 1. The fraction of sp³-hybridized carbons (Fsp3) is 0.333. The molecule has 1 aliphatic rings. The van der Waals surface area contributed by atoms with Gasteiger partial charge in [0.05, 0.1) is 13.2 Å². The van der Waals surface area contributed by atoms with Crippen LogP contribution in [0.2, 0.25) is 0 Å². The standard InChI is InChI=1S/C15H16N2O3/c18-14(11-17-7-9-19-10-8-17)20-13-5-1-3-12-4-2-6-16-15(12)13/h1-6H,7-11H2/p+1. The molecule has 5 nitrogen and oxygen atoms in total. The molecule has 0 amide bonds. The Kier molecular flexibility index (Phi) is 3.90. The molecule has 0 saturated carbocycles. The van der Waals surface area contributed by atoms with E-state index in [2.05, 4.69) is 4.98 Å². The van der Waals surface area contributed by atoms with Crippen molar-refractivity contribution >= 4 is 16.9 Å². The fourth-order valence-electron chi connectivity index (χ4n) is 2.36. The van der Waals surface area contributed by atoms with Gasteiger partial charge in [-0.25, -0.2) is 4.79 Å². The molecule has 1 saturated heterocycles. The SMILES string of the molecule is O=C(C[NH+]1CCOCC1)Oc1cccc2cccnc12. The monoisotopic (exact) mass is 273 g/mol. The smallest absolute Gasteiger partial charge is 0.367 e. The van der Waals surface area contributed by atoms with Crippen LogP contribution in [0.25, 0.3) is 10.9 Å². The van der Waals surface area contributed by atoms with E-state index in [9.17, 15) is 4.79 Å². The van der Waals surface area contributed by atoms with Crippen LogP contribution < -0.4 is 9.64 Å². The van der Waals surface area contributed by atoms with Gasteiger partial charge in [0.1, 0.15) is 18.6 Å². The molecule has 3 rings (SSSR count). The second-order valence-electron chi connectivity index (χ2n) is 4.84. The Morgan fingerprint density at radius 1 is 1.25 bits per heavy atom. The molecule has 0 bridgehead atoms. The predicted molar refractivity (Wildman–Crippen MR) is 73.8 cm³/mol. The highest BCUT2D eigenvalue weighted by atomic mass is 16.5. The summed E-state index contributed by atoms with van der Waals surface area (Å²) in [6.45, 7) is 3.48. The summed E-state index contributed by atoms with van der Waals surface area (Å²) in [6, 6.07) is 9.42. The van der Waals surface area contributed by atoms with E-state index in [1.54, 1.807) is 12.3 Å². The van der Waals surface area contributed by atoms with Gasteiger partial charge in [0, 0.05) is 11.6 Å². The highest BCUT2D eigenvalue weighted by molar-refractivity contribution is 5.87. The van der Waals surface area contributed by atoms with Crippen molar-refractivity contribution in [2.45, 2.75) is 0 Å². The minimum atomic E-state index is -0.222. The normalized spacial score (nSPS) is 16.2. The van der Waals surface area contributed by atoms with Crippen molar-refractivity contribution in [2.24, 2.45) is 0 Å². The van der Waals surface area contributed by atoms with E-state index in [0.717, 1.165) is 24.0 Å². The summed E-state index contributed by atoms with van der Waals surface area (Å²) in [4.78, 5) is 17.5. The topological polar surface area (TPSA) is 52.9 Å². The van der Waals surface area contributed by atoms with Crippen molar-refractivity contribution in [2.75, 3.05) is 32.8 Å². The number of carbonyl (C=O) groups excluding carboxylic acids is 1. The molecule has 1 aliphatic heterocycles. The van der Waals surface area contributed by atoms with Crippen LogP contribution >= 0.6 is 0 Å². The van der Waals surface area contributed by atoms with Gasteiger partial charge < -0.3 is 14.4 Å². The van der Waals surface area contributed by atoms with Gasteiger partial charge in [-0.15, -0.1) is 0 Å². The Balaban J connectivity index is 1.71. The summed E-state index contributed by atoms with van der Waals surface area (Å²) in [5.74, 6) is 0.306. The summed E-state index contributed by atoms with van der Waals surface area (Å²) in [5.41, 5.74) is 0.723. The molecule has 2 heterocycles. The Bertz CT molecular complexity index is 604. The number of rotatable bonds is 3. The second-order valence-corrected chi connectivity index (χ2v) is 4.84. The van der Waals surface area contributed by atoms with Crippen LogP contribution in [0.3, 0.4) is 0 Å². The van der Waals surface area contributed by atoms with Gasteiger partial charge in [-0.2, -0.15) is 0 Å². The van der Waals surface area contributed by atoms with Crippen LogP contribution in [0.15, 0.2) is 36.5 Å². The number of hydrogen-bond acceptors (Lipinski definition) is 4. The summed E-state index contributed by atoms with van der Waals surface area (Å²) in [6.07, 6.45) is 1.70. The molecule has 1 fully saturated rings. The maximum absolute atomic E-state index is 12.0. The molecule has 0 atom stereocenters. The van der Waals surface area contributed by atoms with Gasteiger partial charge in [0.25, 0.3) is 0 Å². The number of nitrogens with one attached hydrogen (secondary N) is 1. The van der Waals surface area contributed by atoms with Gasteiger partial charge in [0.2, 0.25) is 0 Å². The first-order chi connectivity index (χ1) is 9.83. The molecule has 0 aliphatic carbocycles. The Morgan fingerprint density at radius 2 is 2.05 bits per heavy atom. The number of nitrogens with zero attached hydrogens (tertiary/aromatic N) is 1. The van der Waals surface area contributed by atoms with Gasteiger partial charge in [-0.05, 0) is 12.1 Å². The van der Waals surface area contributed by atoms with E-state index < -0.39 is 0 Å². The maximum atomic E-state index is 12.0. The number of fused-ring (bicyclic) bond motifs is 1. The van der Waals surface area contributed by atoms with E-state index in [1.807, 2.05) is 24.3 Å². The number of benzene rings is 1. The van der Waals surface area contributed by atoms with Gasteiger partial charge >= 0.3 is 5.97 Å². The van der Waals surface area contributed by atoms with E-state index in [4.69, 9.17) is 9.47 Å². The Hall–Kier alpha value is -1.98. The highest BCUT2D eigenvalue weighted by Crippen LogP contribution is 2.22. The van der Waals surface area contributed by atoms with Crippen molar-refractivity contribution in [3.05, 3.63) is 36.5 Å². The molecule has 1 aromatic heterocycles. The minimum Gasteiger partial charge on any atom is -0.420 e. The minimum absolute atomic E-state index is 0.222. The lowest BCUT2D eigenvalue weighted by Gasteiger charge is -2.22. The van der Waals surface area contributed by atoms with E-state index in [-0.39, 0.29) is 5.97 Å². The summed E-state index contributed by atoms with van der Waals surface area (Å²) in [7, 11) is 0. The fourth-order valence-corrected chi connectivity index (χ4v) is 2.36. The van der Waals surface area contributed by atoms with Crippen LogP contribution in [0.4, 0.5) is 0 Å². The number of pyridine rings is 1. The molecule has 0 unspecified atom stereocenters. The van der Waals surface area contributed by atoms with Gasteiger partial charge in [-0.3, -0.25) is 4.98 Å². The zero-order valence-corrected chi connectivity index (χ0v) is 11.2. The number of carbonyl (C=O) groups is 1. The molecule has 0 spiro atoms. The largest absolute Gasteiger partial charge is 0.420 e. The molecule has 2 aromatic rings. The Morgan fingerprint density at radius 3 is 2.90 bits per heavy atom. The third-order valence-electron chi connectivity index (χ3n) is 3.41. The number of para-hydroxylation sites is 1. The average Bonchev–Trinajstić information content (AvgIpc) is 2.48. The Labute approximate surface area is 117 Å². The average molecular weight is 273 g/mol. The molecule has 104 valence electrons. The van der Waals surface area contributed by atoms with E-state index in [0.29, 0.717) is 25.5 Å². The maximum Gasteiger partial charge on any atom is 0.367 e. The summed E-state index contributed by atoms with van der Waals surface area (Å²) < 4.78 is 10.7. The summed E-state index contributed by atoms with van der Waals surface area (Å²) in [5, 5.41) is 0.969. The predicted octanol–water partition coefficient (Wildman–Crippen LogP) is 0.0553. The van der Waals surface area contributed by atoms with Crippen molar-refractivity contribution in [3.63, 3.8) is 0 Å². The number of esters is 1. The number of quaternary nitrogens is 1. The quantitative estimate of drug-likeness (QED) is 0.634. The zero-order chi connectivity index (χ0) is 13.8. The third-order valence-corrected chi connectivity index (χ3v) is 3.41. The molecule has 20 heavy (non-hydrogen) atoms. The van der Waals surface area contributed by atoms with Crippen LogP contribution in [-0.4, -0.2) is 43.8 Å². The van der Waals surface area contributed by atoms with Crippen molar-refractivity contribution < 1.29 is 19.2 Å². The lowest BCUT2D eigenvalue weighted by atomic mass is 10.2. The zero-order valence-electron chi connectivity index (χ0n) is 11.2. The molecule has 1 N–H and O–H groups in total. The summed E-state index contributed by atoms with van der Waals surface area (Å²) >= 11 is 0. The van der Waals surface area contributed by atoms with Crippen LogP contribution in [0.5, 0.6) is 5.75 Å². The third kappa shape index (κ3) is 2.95. The lowest BCUT2D eigenvalue weighted by Crippen LogP contribution is -3.15. The second kappa shape index (κ2) is 5.98. The van der Waals surface area contributed by atoms with Crippen molar-refractivity contribution in [1.82, 2.24) is 4.98 Å². The number of hydrogen-bond donors (Lipinski definition) is 1. The first-order valence-corrected chi connectivity index (χ1v) is 6.79. The lowest BCUT2D eigenvalue weighted by molar-refractivity contribution is -0.900. The first-order valence-electron chi connectivity index (χ1n) is 6.79. The van der Waals surface area contributed by atoms with Gasteiger partial charge in [0.15, 0.2) is 12.3 Å². The van der Waals surface area contributed by atoms with Crippen molar-refractivity contribution in [3.8, 4) is 5.75 Å². The highest BCUT2D eigenvalue weighted by Gasteiger charge is 2.19. The molecular formula is C15H17N2O3+. The van der Waals surface area contributed by atoms with Gasteiger partial charge in [-0.1, -0.05) is 18.2 Å². The molecule has 0 radical (unpaired) electrons. The first kappa shape index (κ1) is 13.0. The molecular weight excluding hydrogens is 256 g/mol. The molecule has 5 heteroatoms. The molecule has 1 aromatic carbocycles. The number of ether oxygens (including phenoxy) is 2. The van der Waals surface area contributed by atoms with Crippen LogP contribution in [0.1, 0.15) is 0 Å².